The van der Waals surface area contributed by atoms with Gasteiger partial charge in [-0.05, 0) is 26.8 Å². The van der Waals surface area contributed by atoms with Crippen LogP contribution >= 0.6 is 0 Å². The molecule has 0 aliphatic carbocycles. The Hall–Kier alpha value is -1.89. The van der Waals surface area contributed by atoms with Crippen LogP contribution in [0.1, 0.15) is 26.1 Å². The van der Waals surface area contributed by atoms with Crippen LogP contribution in [0.3, 0.4) is 0 Å². The lowest BCUT2D eigenvalue weighted by molar-refractivity contribution is 0.685. The number of rotatable bonds is 5. The summed E-state index contributed by atoms with van der Waals surface area (Å²) in [6.45, 7) is 5.49. The van der Waals surface area contributed by atoms with Crippen molar-refractivity contribution in [1.29, 1.82) is 0 Å². The minimum atomic E-state index is -0.411. The fraction of sp³-hybridized carbons (Fsp3) is 0.583. The van der Waals surface area contributed by atoms with Gasteiger partial charge in [0.05, 0.1) is 0 Å². The summed E-state index contributed by atoms with van der Waals surface area (Å²) in [6.07, 6.45) is 1.51. The normalized spacial score (nSPS) is 11.3. The zero-order chi connectivity index (χ0) is 14.0. The van der Waals surface area contributed by atoms with Crippen LogP contribution in [0.2, 0.25) is 0 Å². The zero-order valence-electron chi connectivity index (χ0n) is 11.3. The van der Waals surface area contributed by atoms with E-state index in [0.29, 0.717) is 37.2 Å². The summed E-state index contributed by atoms with van der Waals surface area (Å²) in [5.74, 6) is 0.807. The maximum atomic E-state index is 12.0. The van der Waals surface area contributed by atoms with E-state index < -0.39 is 5.69 Å². The number of aromatic amines is 1. The fourth-order valence-corrected chi connectivity index (χ4v) is 2.30. The summed E-state index contributed by atoms with van der Waals surface area (Å²) in [5.41, 5.74) is 5.66. The third-order valence-electron chi connectivity index (χ3n) is 3.20. The Bertz CT molecular complexity index is 694. The van der Waals surface area contributed by atoms with Crippen molar-refractivity contribution < 1.29 is 0 Å². The predicted molar refractivity (Wildman–Crippen MR) is 73.3 cm³/mol. The zero-order valence-corrected chi connectivity index (χ0v) is 11.3. The largest absolute Gasteiger partial charge is 0.330 e. The highest BCUT2D eigenvalue weighted by atomic mass is 16.2. The Kier molecular flexibility index (Phi) is 3.84. The van der Waals surface area contributed by atoms with Gasteiger partial charge in [0, 0.05) is 19.5 Å². The van der Waals surface area contributed by atoms with Crippen molar-refractivity contribution in [3.05, 3.63) is 26.7 Å². The summed E-state index contributed by atoms with van der Waals surface area (Å²) in [4.78, 5) is 30.5. The van der Waals surface area contributed by atoms with Gasteiger partial charge in [-0.25, -0.2) is 9.78 Å². The molecule has 0 saturated carbocycles. The highest BCUT2D eigenvalue weighted by Crippen LogP contribution is 2.12. The van der Waals surface area contributed by atoms with E-state index in [1.54, 1.807) is 0 Å². The number of nitrogens with zero attached hydrogens (tertiary/aromatic N) is 3. The summed E-state index contributed by atoms with van der Waals surface area (Å²) >= 11 is 0. The van der Waals surface area contributed by atoms with E-state index in [4.69, 9.17) is 5.73 Å². The topological polar surface area (TPSA) is 98.7 Å². The first-order chi connectivity index (χ1) is 9.13. The number of hydrogen-bond donors (Lipinski definition) is 2. The first-order valence-corrected chi connectivity index (χ1v) is 6.56. The molecule has 2 aromatic heterocycles. The molecule has 0 fully saturated rings. The van der Waals surface area contributed by atoms with Crippen LogP contribution in [0, 0.1) is 0 Å². The highest BCUT2D eigenvalue weighted by Gasteiger charge is 2.16. The second kappa shape index (κ2) is 5.40. The van der Waals surface area contributed by atoms with E-state index in [1.165, 1.54) is 4.57 Å². The van der Waals surface area contributed by atoms with Crippen molar-refractivity contribution >= 4 is 11.2 Å². The molecule has 3 N–H and O–H groups in total. The number of imidazole rings is 1. The van der Waals surface area contributed by atoms with Crippen LogP contribution in [0.4, 0.5) is 0 Å². The minimum absolute atomic E-state index is 0.377. The van der Waals surface area contributed by atoms with E-state index in [2.05, 4.69) is 9.97 Å². The molecule has 0 spiro atoms. The molecule has 0 aliphatic heterocycles. The molecule has 2 rings (SSSR count). The van der Waals surface area contributed by atoms with Crippen molar-refractivity contribution in [2.75, 3.05) is 6.54 Å². The maximum absolute atomic E-state index is 12.0. The van der Waals surface area contributed by atoms with Crippen molar-refractivity contribution in [3.63, 3.8) is 0 Å². The van der Waals surface area contributed by atoms with Gasteiger partial charge in [0.25, 0.3) is 5.56 Å². The van der Waals surface area contributed by atoms with E-state index in [-0.39, 0.29) is 5.56 Å². The first kappa shape index (κ1) is 13.5. The molecular formula is C12H19N5O2. The number of H-pyrrole nitrogens is 1. The molecule has 0 amide bonds. The molecule has 104 valence electrons. The molecular weight excluding hydrogens is 246 g/mol. The Morgan fingerprint density at radius 2 is 1.89 bits per heavy atom. The van der Waals surface area contributed by atoms with Gasteiger partial charge in [-0.2, -0.15) is 0 Å². The van der Waals surface area contributed by atoms with Crippen LogP contribution in [-0.2, 0) is 19.5 Å². The monoisotopic (exact) mass is 265 g/mol. The number of fused-ring (bicyclic) bond motifs is 1. The van der Waals surface area contributed by atoms with Crippen LogP contribution in [0.15, 0.2) is 9.59 Å². The lowest BCUT2D eigenvalue weighted by Gasteiger charge is -2.04. The quantitative estimate of drug-likeness (QED) is 0.783. The summed E-state index contributed by atoms with van der Waals surface area (Å²) in [5, 5.41) is 0. The maximum Gasteiger partial charge on any atom is 0.330 e. The molecule has 2 aromatic rings. The smallest absolute Gasteiger partial charge is 0.330 e. The molecule has 0 radical (unpaired) electrons. The molecule has 0 aromatic carbocycles. The fourth-order valence-electron chi connectivity index (χ4n) is 2.30. The summed E-state index contributed by atoms with van der Waals surface area (Å²) < 4.78 is 3.34. The number of nitrogens with two attached hydrogens (primary N) is 1. The Labute approximate surface area is 110 Å². The molecule has 0 aliphatic rings. The second-order valence-corrected chi connectivity index (χ2v) is 4.34. The van der Waals surface area contributed by atoms with Gasteiger partial charge in [0.1, 0.15) is 5.82 Å². The van der Waals surface area contributed by atoms with Gasteiger partial charge in [-0.3, -0.25) is 14.3 Å². The molecule has 0 bridgehead atoms. The predicted octanol–water partition coefficient (Wildman–Crippen LogP) is -0.183. The van der Waals surface area contributed by atoms with Crippen molar-refractivity contribution in [3.8, 4) is 0 Å². The molecule has 0 atom stereocenters. The van der Waals surface area contributed by atoms with Gasteiger partial charge in [-0.1, -0.05) is 0 Å². The van der Waals surface area contributed by atoms with Crippen LogP contribution in [0.25, 0.3) is 11.2 Å². The van der Waals surface area contributed by atoms with Crippen LogP contribution in [0.5, 0.6) is 0 Å². The third-order valence-corrected chi connectivity index (χ3v) is 3.20. The van der Waals surface area contributed by atoms with Gasteiger partial charge in [0.15, 0.2) is 11.2 Å². The van der Waals surface area contributed by atoms with Gasteiger partial charge >= 0.3 is 5.69 Å². The SMILES string of the molecule is CCn1c(CCCN)nc2c1c(=O)[nH]c(=O)n2CC. The number of nitrogens with one attached hydrogen (secondary N) is 1. The first-order valence-electron chi connectivity index (χ1n) is 6.56. The minimum Gasteiger partial charge on any atom is -0.330 e. The lowest BCUT2D eigenvalue weighted by atomic mass is 10.3. The van der Waals surface area contributed by atoms with Gasteiger partial charge in [0.2, 0.25) is 0 Å². The standard InChI is InChI=1S/C12H19N5O2/c1-3-16-8(6-5-7-13)14-10-9(16)11(18)15-12(19)17(10)4-2/h3-7,13H2,1-2H3,(H,15,18,19). The number of aryl methyl sites for hydroxylation is 3. The van der Waals surface area contributed by atoms with E-state index in [9.17, 15) is 9.59 Å². The average molecular weight is 265 g/mol. The van der Waals surface area contributed by atoms with Crippen molar-refractivity contribution in [2.45, 2.75) is 39.8 Å². The summed E-state index contributed by atoms with van der Waals surface area (Å²) in [6, 6.07) is 0. The van der Waals surface area contributed by atoms with Gasteiger partial charge in [-0.15, -0.1) is 0 Å². The third kappa shape index (κ3) is 2.21. The molecule has 19 heavy (non-hydrogen) atoms. The second-order valence-electron chi connectivity index (χ2n) is 4.34. The molecule has 7 nitrogen and oxygen atoms in total. The Balaban J connectivity index is 2.77. The summed E-state index contributed by atoms with van der Waals surface area (Å²) in [7, 11) is 0. The van der Waals surface area contributed by atoms with Crippen LogP contribution < -0.4 is 17.0 Å². The molecule has 0 unspecified atom stereocenters. The van der Waals surface area contributed by atoms with E-state index in [1.807, 2.05) is 18.4 Å². The van der Waals surface area contributed by atoms with E-state index in [0.717, 1.165) is 12.2 Å². The highest BCUT2D eigenvalue weighted by molar-refractivity contribution is 5.70. The Morgan fingerprint density at radius 1 is 1.21 bits per heavy atom. The van der Waals surface area contributed by atoms with Gasteiger partial charge < -0.3 is 10.3 Å². The van der Waals surface area contributed by atoms with Crippen LogP contribution in [-0.4, -0.2) is 25.6 Å². The average Bonchev–Trinajstić information content (AvgIpc) is 2.75. The number of aromatic nitrogens is 4. The number of hydrogen-bond acceptors (Lipinski definition) is 4. The van der Waals surface area contributed by atoms with Crippen molar-refractivity contribution in [1.82, 2.24) is 19.1 Å². The molecule has 0 saturated heterocycles. The Morgan fingerprint density at radius 3 is 2.47 bits per heavy atom. The molecule has 7 heteroatoms. The lowest BCUT2D eigenvalue weighted by Crippen LogP contribution is -2.30. The van der Waals surface area contributed by atoms with Crippen molar-refractivity contribution in [2.24, 2.45) is 5.73 Å². The van der Waals surface area contributed by atoms with E-state index >= 15 is 0 Å². The molecule has 2 heterocycles.